The minimum atomic E-state index is -0.390. The Labute approximate surface area is 405 Å². The van der Waals surface area contributed by atoms with Crippen molar-refractivity contribution < 1.29 is 0 Å². The van der Waals surface area contributed by atoms with Gasteiger partial charge in [-0.3, -0.25) is 0 Å². The predicted octanol–water partition coefficient (Wildman–Crippen LogP) is 18.3. The molecule has 0 radical (unpaired) electrons. The van der Waals surface area contributed by atoms with Crippen LogP contribution in [0.15, 0.2) is 194 Å². The van der Waals surface area contributed by atoms with E-state index in [-0.39, 0.29) is 11.8 Å². The average Bonchev–Trinajstić information content (AvgIpc) is 4.09. The second-order valence-electron chi connectivity index (χ2n) is 18.8. The van der Waals surface area contributed by atoms with Crippen LogP contribution in [0.1, 0.15) is 91.6 Å². The van der Waals surface area contributed by atoms with E-state index in [0.717, 1.165) is 29.9 Å². The molecule has 0 saturated heterocycles. The quantitative estimate of drug-likeness (QED) is 0.131. The van der Waals surface area contributed by atoms with Gasteiger partial charge in [-0.1, -0.05) is 159 Å². The monoisotopic (exact) mass is 896 g/mol. The first-order valence-electron chi connectivity index (χ1n) is 24.5. The molecule has 0 N–H and O–H groups in total. The van der Waals surface area contributed by atoms with Crippen LogP contribution >= 0.6 is 11.3 Å². The van der Waals surface area contributed by atoms with Crippen LogP contribution in [-0.2, 0) is 11.8 Å². The summed E-state index contributed by atoms with van der Waals surface area (Å²) in [6.45, 7) is 13.4. The predicted molar refractivity (Wildman–Crippen MR) is 294 cm³/mol. The van der Waals surface area contributed by atoms with Crippen LogP contribution in [0.5, 0.6) is 0 Å². The summed E-state index contributed by atoms with van der Waals surface area (Å²) in [5.74, 6) is 0.497. The first kappa shape index (κ1) is 42.2. The molecule has 2 aromatic heterocycles. The number of fused-ring (bicyclic) bond motifs is 15. The Hall–Kier alpha value is -7.20. The van der Waals surface area contributed by atoms with E-state index in [1.54, 1.807) is 0 Å². The lowest BCUT2D eigenvalue weighted by atomic mass is 9.65. The van der Waals surface area contributed by atoms with Crippen molar-refractivity contribution in [1.82, 2.24) is 4.57 Å². The summed E-state index contributed by atoms with van der Waals surface area (Å²) in [4.78, 5) is 2.62. The fourth-order valence-corrected chi connectivity index (χ4v) is 13.7. The lowest BCUT2D eigenvalue weighted by Gasteiger charge is -2.37. The maximum atomic E-state index is 2.64. The molecule has 9 aromatic rings. The van der Waals surface area contributed by atoms with Gasteiger partial charge < -0.3 is 9.47 Å². The van der Waals surface area contributed by atoms with Crippen molar-refractivity contribution >= 4 is 71.1 Å². The van der Waals surface area contributed by atoms with Gasteiger partial charge in [0.15, 0.2) is 0 Å². The first-order chi connectivity index (χ1) is 33.4. The molecule has 0 fully saturated rings. The van der Waals surface area contributed by atoms with Crippen molar-refractivity contribution in [1.29, 1.82) is 0 Å². The Morgan fingerprint density at radius 2 is 1.46 bits per heavy atom. The molecule has 0 bridgehead atoms. The van der Waals surface area contributed by atoms with E-state index in [1.807, 2.05) is 11.3 Å². The zero-order valence-electron chi connectivity index (χ0n) is 39.8. The van der Waals surface area contributed by atoms with Crippen LogP contribution in [0.25, 0.3) is 59.5 Å². The Bertz CT molecular complexity index is 3660. The highest BCUT2D eigenvalue weighted by Crippen LogP contribution is 2.68. The number of para-hydroxylation sites is 1. The molecule has 7 aromatic carbocycles. The molecule has 2 nitrogen and oxygen atoms in total. The highest BCUT2D eigenvalue weighted by Gasteiger charge is 2.57. The van der Waals surface area contributed by atoms with Gasteiger partial charge >= 0.3 is 0 Å². The third-order valence-corrected chi connectivity index (χ3v) is 16.7. The number of hydrogen-bond acceptors (Lipinski definition) is 2. The zero-order valence-corrected chi connectivity index (χ0v) is 40.7. The molecule has 3 aliphatic rings. The van der Waals surface area contributed by atoms with Crippen molar-refractivity contribution in [3.63, 3.8) is 0 Å². The minimum absolute atomic E-state index is 0.221. The Balaban J connectivity index is 1.23. The number of rotatable bonds is 9. The SMILES string of the molecule is C/C=C\C(=C(/C)CC)c1ccc(N(c2ccc3c(C)c(/C=C\C)n(-c4ccccc4)c3c2)c2cc3c(c4c2sc2ccccc24)-c2ccccc2C32c3ccccc3C3C=CC=CC32)cc1CC. The van der Waals surface area contributed by atoms with Gasteiger partial charge in [-0.05, 0) is 151 Å². The normalized spacial score (nSPS) is 18.3. The molecule has 68 heavy (non-hydrogen) atoms. The number of allylic oxidation sites excluding steroid dienone is 9. The molecule has 0 aliphatic heterocycles. The van der Waals surface area contributed by atoms with E-state index >= 15 is 0 Å². The average molecular weight is 897 g/mol. The van der Waals surface area contributed by atoms with E-state index in [9.17, 15) is 0 Å². The maximum Gasteiger partial charge on any atom is 0.0644 e. The van der Waals surface area contributed by atoms with E-state index in [2.05, 4.69) is 245 Å². The third-order valence-electron chi connectivity index (χ3n) is 15.5. The maximum absolute atomic E-state index is 2.64. The topological polar surface area (TPSA) is 8.17 Å². The van der Waals surface area contributed by atoms with Gasteiger partial charge in [0.25, 0.3) is 0 Å². The summed E-state index contributed by atoms with van der Waals surface area (Å²) in [6, 6.07) is 55.8. The highest BCUT2D eigenvalue weighted by atomic mass is 32.1. The standard InChI is InChI=1S/C65H56N2S/c1-7-22-47(41(5)9-3)49-37-35-45(38-43(49)10-4)66(46-34-36-48-42(6)58(23-8-2)67(59(48)39-46)44-24-12-11-13-25-44)60-40-57-62(63-53-29-17-21-33-61(53)68-64(60)63)52-28-16-20-32-56(52)65(57)54-30-18-14-26-50(54)51-27-15-19-31-55(51)65/h7-8,11-40,50,54H,9-10H2,1-6H3/b22-7-,23-8-,47-41-. The number of thiophene rings is 1. The number of hydrogen-bond donors (Lipinski definition) is 0. The molecule has 3 atom stereocenters. The van der Waals surface area contributed by atoms with Gasteiger partial charge in [0, 0.05) is 55.5 Å². The smallest absolute Gasteiger partial charge is 0.0644 e. The van der Waals surface area contributed by atoms with E-state index in [4.69, 9.17) is 0 Å². The van der Waals surface area contributed by atoms with Crippen LogP contribution in [0.2, 0.25) is 0 Å². The summed E-state index contributed by atoms with van der Waals surface area (Å²) >= 11 is 1.94. The van der Waals surface area contributed by atoms with Crippen molar-refractivity contribution in [2.75, 3.05) is 4.90 Å². The lowest BCUT2D eigenvalue weighted by Crippen LogP contribution is -2.33. The van der Waals surface area contributed by atoms with E-state index in [1.165, 1.54) is 104 Å². The van der Waals surface area contributed by atoms with Crippen LogP contribution in [0.4, 0.5) is 17.1 Å². The van der Waals surface area contributed by atoms with Crippen LogP contribution in [0.3, 0.4) is 0 Å². The summed E-state index contributed by atoms with van der Waals surface area (Å²) in [7, 11) is 0. The number of benzene rings is 7. The van der Waals surface area contributed by atoms with Crippen molar-refractivity contribution in [2.24, 2.45) is 5.92 Å². The van der Waals surface area contributed by atoms with Crippen molar-refractivity contribution in [3.05, 3.63) is 238 Å². The summed E-state index contributed by atoms with van der Waals surface area (Å²) < 4.78 is 5.07. The molecule has 2 heterocycles. The van der Waals surface area contributed by atoms with Gasteiger partial charge in [0.05, 0.1) is 21.3 Å². The Kier molecular flexibility index (Phi) is 10.3. The highest BCUT2D eigenvalue weighted by molar-refractivity contribution is 7.26. The number of aromatic nitrogens is 1. The number of nitrogens with zero attached hydrogens (tertiary/aromatic N) is 2. The molecule has 3 unspecified atom stereocenters. The third kappa shape index (κ3) is 6.01. The van der Waals surface area contributed by atoms with Gasteiger partial charge in [-0.15, -0.1) is 11.3 Å². The van der Waals surface area contributed by atoms with Gasteiger partial charge in [0.1, 0.15) is 0 Å². The van der Waals surface area contributed by atoms with Crippen LogP contribution in [0, 0.1) is 12.8 Å². The molecule has 3 heteroatoms. The van der Waals surface area contributed by atoms with E-state index < -0.39 is 5.41 Å². The summed E-state index contributed by atoms with van der Waals surface area (Å²) in [5.41, 5.74) is 21.8. The lowest BCUT2D eigenvalue weighted by molar-refractivity contribution is 0.466. The number of anilines is 3. The molecule has 332 valence electrons. The second kappa shape index (κ2) is 16.5. The first-order valence-corrected chi connectivity index (χ1v) is 25.4. The van der Waals surface area contributed by atoms with Crippen molar-refractivity contribution in [3.8, 4) is 16.8 Å². The second-order valence-corrected chi connectivity index (χ2v) is 19.9. The van der Waals surface area contributed by atoms with Crippen molar-refractivity contribution in [2.45, 2.75) is 65.7 Å². The van der Waals surface area contributed by atoms with E-state index in [0.29, 0.717) is 0 Å². The molecule has 1 spiro atoms. The number of aryl methyl sites for hydroxylation is 2. The Morgan fingerprint density at radius 3 is 2.26 bits per heavy atom. The molecular formula is C65H56N2S. The van der Waals surface area contributed by atoms with Crippen LogP contribution < -0.4 is 4.90 Å². The molecule has 0 saturated carbocycles. The largest absolute Gasteiger partial charge is 0.310 e. The fraction of sp³-hybridized carbons (Fsp3) is 0.169. The summed E-state index contributed by atoms with van der Waals surface area (Å²) in [5, 5.41) is 3.93. The van der Waals surface area contributed by atoms with Gasteiger partial charge in [-0.25, -0.2) is 0 Å². The zero-order chi connectivity index (χ0) is 46.3. The van der Waals surface area contributed by atoms with Crippen LogP contribution in [-0.4, -0.2) is 4.57 Å². The fourth-order valence-electron chi connectivity index (χ4n) is 12.5. The molecule has 0 amide bonds. The molecular weight excluding hydrogens is 841 g/mol. The van der Waals surface area contributed by atoms with Gasteiger partial charge in [0.2, 0.25) is 0 Å². The molecule has 12 rings (SSSR count). The van der Waals surface area contributed by atoms with Gasteiger partial charge in [-0.2, -0.15) is 0 Å². The summed E-state index contributed by atoms with van der Waals surface area (Å²) in [6.07, 6.45) is 20.4. The Morgan fingerprint density at radius 1 is 0.721 bits per heavy atom. The molecule has 3 aliphatic carbocycles. The minimum Gasteiger partial charge on any atom is -0.310 e.